The van der Waals surface area contributed by atoms with Gasteiger partial charge in [0.1, 0.15) is 5.75 Å². The number of methoxy groups -OCH3 is 1. The maximum atomic E-state index is 12.7. The lowest BCUT2D eigenvalue weighted by Crippen LogP contribution is -2.24. The molecule has 0 radical (unpaired) electrons. The molecular formula is C24H29NO4S. The van der Waals surface area contributed by atoms with Gasteiger partial charge >= 0.3 is 0 Å². The van der Waals surface area contributed by atoms with E-state index < -0.39 is 0 Å². The minimum Gasteiger partial charge on any atom is -0.493 e. The van der Waals surface area contributed by atoms with Crippen LogP contribution < -0.4 is 13.7 Å². The largest absolute Gasteiger partial charge is 0.493 e. The third kappa shape index (κ3) is 4.86. The monoisotopic (exact) mass is 427 g/mol. The van der Waals surface area contributed by atoms with Crippen LogP contribution in [-0.2, 0) is 11.3 Å². The molecule has 2 aromatic rings. The first-order valence-electron chi connectivity index (χ1n) is 10.6. The maximum Gasteiger partial charge on any atom is 0.223 e. The van der Waals surface area contributed by atoms with Gasteiger partial charge in [0.05, 0.1) is 25.3 Å². The van der Waals surface area contributed by atoms with Gasteiger partial charge in [-0.3, -0.25) is 4.79 Å². The van der Waals surface area contributed by atoms with E-state index in [0.29, 0.717) is 13.0 Å². The van der Waals surface area contributed by atoms with Crippen LogP contribution >= 0.6 is 12.0 Å². The Bertz CT molecular complexity index is 864. The molecule has 0 N–H and O–H groups in total. The predicted octanol–water partition coefficient (Wildman–Crippen LogP) is 5.19. The Balaban J connectivity index is 1.43. The molecule has 2 aliphatic rings. The van der Waals surface area contributed by atoms with Crippen molar-refractivity contribution >= 4 is 17.9 Å². The Morgan fingerprint density at radius 3 is 2.53 bits per heavy atom. The number of hydrogen-bond donors (Lipinski definition) is 0. The second kappa shape index (κ2) is 9.65. The number of likely N-dealkylation sites (tertiary alicyclic amines) is 1. The Labute approximate surface area is 182 Å². The molecule has 30 heavy (non-hydrogen) atoms. The molecule has 1 atom stereocenters. The number of hydrogen-bond acceptors (Lipinski definition) is 5. The Morgan fingerprint density at radius 1 is 1.07 bits per heavy atom. The molecule has 4 rings (SSSR count). The molecule has 1 unspecified atom stereocenters. The van der Waals surface area contributed by atoms with Crippen molar-refractivity contribution in [2.75, 3.05) is 19.9 Å². The van der Waals surface area contributed by atoms with Crippen molar-refractivity contribution in [3.05, 3.63) is 53.6 Å². The van der Waals surface area contributed by atoms with Crippen LogP contribution in [0.4, 0.5) is 0 Å². The van der Waals surface area contributed by atoms with Gasteiger partial charge in [0, 0.05) is 31.7 Å². The Hall–Kier alpha value is -2.34. The molecular weight excluding hydrogens is 398 g/mol. The van der Waals surface area contributed by atoms with E-state index >= 15 is 0 Å². The van der Waals surface area contributed by atoms with Crippen LogP contribution in [0, 0.1) is 0 Å². The molecule has 2 aromatic carbocycles. The fourth-order valence-corrected chi connectivity index (χ4v) is 4.64. The van der Waals surface area contributed by atoms with Gasteiger partial charge in [-0.15, -0.1) is 0 Å². The number of benzene rings is 2. The molecule has 1 aliphatic heterocycles. The van der Waals surface area contributed by atoms with Crippen molar-refractivity contribution in [1.82, 2.24) is 4.90 Å². The third-order valence-electron chi connectivity index (χ3n) is 5.95. The Morgan fingerprint density at radius 2 is 1.83 bits per heavy atom. The fourth-order valence-electron chi connectivity index (χ4n) is 4.34. The van der Waals surface area contributed by atoms with Crippen molar-refractivity contribution in [3.63, 3.8) is 0 Å². The molecule has 1 amide bonds. The molecule has 0 bridgehead atoms. The summed E-state index contributed by atoms with van der Waals surface area (Å²) < 4.78 is 17.2. The van der Waals surface area contributed by atoms with Gasteiger partial charge in [-0.2, -0.15) is 0 Å². The quantitative estimate of drug-likeness (QED) is 0.543. The van der Waals surface area contributed by atoms with Gasteiger partial charge in [-0.05, 0) is 61.1 Å². The number of carbonyl (C=O) groups excluding carboxylic acids is 1. The Kier molecular flexibility index (Phi) is 6.72. The van der Waals surface area contributed by atoms with Crippen LogP contribution in [0.1, 0.15) is 49.1 Å². The number of ether oxygens (including phenoxy) is 2. The first-order chi connectivity index (χ1) is 14.7. The molecule has 1 heterocycles. The average Bonchev–Trinajstić information content (AvgIpc) is 3.40. The summed E-state index contributed by atoms with van der Waals surface area (Å²) in [6, 6.07) is 14.0. The van der Waals surface area contributed by atoms with Crippen LogP contribution in [-0.4, -0.2) is 36.8 Å². The van der Waals surface area contributed by atoms with E-state index in [9.17, 15) is 4.79 Å². The van der Waals surface area contributed by atoms with Crippen molar-refractivity contribution in [1.29, 1.82) is 0 Å². The summed E-state index contributed by atoms with van der Waals surface area (Å²) in [7, 11) is 1.67. The number of nitrogens with zero attached hydrogens (tertiary/aromatic N) is 1. The molecule has 0 aromatic heterocycles. The summed E-state index contributed by atoms with van der Waals surface area (Å²) >= 11 is 1.32. The zero-order valence-corrected chi connectivity index (χ0v) is 18.5. The third-order valence-corrected chi connectivity index (χ3v) is 6.30. The molecule has 2 fully saturated rings. The molecule has 1 saturated heterocycles. The standard InChI is InChI=1S/C24H29NO4S/c1-27-22-12-9-18(13-23(22)28-20-5-3-4-6-20)19-14-24(26)25(16-19)15-17-7-10-21(11-8-17)29-30-2/h7-13,19-20H,3-6,14-16H2,1-2H3. The molecule has 160 valence electrons. The topological polar surface area (TPSA) is 48.0 Å². The van der Waals surface area contributed by atoms with E-state index in [0.717, 1.165) is 47.8 Å². The molecule has 1 saturated carbocycles. The van der Waals surface area contributed by atoms with Crippen molar-refractivity contribution < 1.29 is 18.5 Å². The van der Waals surface area contributed by atoms with Gasteiger partial charge < -0.3 is 18.6 Å². The normalized spacial score (nSPS) is 19.3. The molecule has 6 heteroatoms. The second-order valence-electron chi connectivity index (χ2n) is 8.00. The van der Waals surface area contributed by atoms with E-state index in [1.165, 1.54) is 24.9 Å². The van der Waals surface area contributed by atoms with Crippen LogP contribution in [0.2, 0.25) is 0 Å². The highest BCUT2D eigenvalue weighted by atomic mass is 32.2. The fraction of sp³-hybridized carbons (Fsp3) is 0.458. The number of carbonyl (C=O) groups is 1. The van der Waals surface area contributed by atoms with Crippen molar-refractivity contribution in [2.45, 2.75) is 50.7 Å². The van der Waals surface area contributed by atoms with Crippen LogP contribution in [0.3, 0.4) is 0 Å². The van der Waals surface area contributed by atoms with E-state index in [4.69, 9.17) is 13.7 Å². The average molecular weight is 428 g/mol. The van der Waals surface area contributed by atoms with Gasteiger partial charge in [0.25, 0.3) is 0 Å². The number of amides is 1. The summed E-state index contributed by atoms with van der Waals surface area (Å²) in [5.41, 5.74) is 2.25. The predicted molar refractivity (Wildman–Crippen MR) is 119 cm³/mol. The van der Waals surface area contributed by atoms with Gasteiger partial charge in [0.2, 0.25) is 5.91 Å². The minimum atomic E-state index is 0.174. The second-order valence-corrected chi connectivity index (χ2v) is 8.50. The SMILES string of the molecule is COc1ccc(C2CC(=O)N(Cc3ccc(OSC)cc3)C2)cc1OC1CCCC1. The molecule has 1 aliphatic carbocycles. The first kappa shape index (κ1) is 20.9. The van der Waals surface area contributed by atoms with E-state index in [1.54, 1.807) is 7.11 Å². The van der Waals surface area contributed by atoms with Gasteiger partial charge in [-0.25, -0.2) is 0 Å². The maximum absolute atomic E-state index is 12.7. The lowest BCUT2D eigenvalue weighted by molar-refractivity contribution is -0.128. The van der Waals surface area contributed by atoms with Crippen molar-refractivity contribution in [2.24, 2.45) is 0 Å². The summed E-state index contributed by atoms with van der Waals surface area (Å²) in [5.74, 6) is 2.76. The molecule has 0 spiro atoms. The van der Waals surface area contributed by atoms with Crippen LogP contribution in [0.5, 0.6) is 17.2 Å². The summed E-state index contributed by atoms with van der Waals surface area (Å²) in [6.07, 6.45) is 7.34. The first-order valence-corrected chi connectivity index (χ1v) is 11.7. The lowest BCUT2D eigenvalue weighted by Gasteiger charge is -2.19. The summed E-state index contributed by atoms with van der Waals surface area (Å²) in [6.45, 7) is 1.34. The van der Waals surface area contributed by atoms with Gasteiger partial charge in [-0.1, -0.05) is 18.2 Å². The minimum absolute atomic E-state index is 0.174. The highest BCUT2D eigenvalue weighted by Gasteiger charge is 2.31. The van der Waals surface area contributed by atoms with Crippen LogP contribution in [0.15, 0.2) is 42.5 Å². The highest BCUT2D eigenvalue weighted by Crippen LogP contribution is 2.37. The summed E-state index contributed by atoms with van der Waals surface area (Å²) in [4.78, 5) is 14.6. The highest BCUT2D eigenvalue weighted by molar-refractivity contribution is 7.94. The van der Waals surface area contributed by atoms with Crippen molar-refractivity contribution in [3.8, 4) is 17.2 Å². The summed E-state index contributed by atoms with van der Waals surface area (Å²) in [5, 5.41) is 0. The number of rotatable bonds is 8. The zero-order chi connectivity index (χ0) is 20.9. The van der Waals surface area contributed by atoms with E-state index in [1.807, 2.05) is 41.5 Å². The van der Waals surface area contributed by atoms with E-state index in [-0.39, 0.29) is 17.9 Å². The smallest absolute Gasteiger partial charge is 0.223 e. The van der Waals surface area contributed by atoms with Gasteiger partial charge in [0.15, 0.2) is 11.5 Å². The lowest BCUT2D eigenvalue weighted by atomic mass is 9.98. The van der Waals surface area contributed by atoms with Crippen LogP contribution in [0.25, 0.3) is 0 Å². The van der Waals surface area contributed by atoms with E-state index in [2.05, 4.69) is 12.1 Å². The zero-order valence-electron chi connectivity index (χ0n) is 17.6. The molecule has 5 nitrogen and oxygen atoms in total.